The molecule has 0 unspecified atom stereocenters. The molecule has 13 heteroatoms. The van der Waals surface area contributed by atoms with Crippen molar-refractivity contribution in [3.05, 3.63) is 72.0 Å². The quantitative estimate of drug-likeness (QED) is 0.283. The fraction of sp³-hybridized carbons (Fsp3) is 0.355. The average Bonchev–Trinajstić information content (AvgIpc) is 3.01. The van der Waals surface area contributed by atoms with Crippen LogP contribution in [0, 0.1) is 5.82 Å². The number of benzene rings is 3. The van der Waals surface area contributed by atoms with Crippen LogP contribution in [0.2, 0.25) is 0 Å². The topological polar surface area (TPSA) is 124 Å². The zero-order valence-electron chi connectivity index (χ0n) is 25.8. The van der Waals surface area contributed by atoms with E-state index in [1.807, 2.05) is 0 Å². The third-order valence-corrected chi connectivity index (χ3v) is 8.53. The molecule has 3 rings (SSSR count). The van der Waals surface area contributed by atoms with Crippen molar-refractivity contribution in [2.75, 3.05) is 39.3 Å². The van der Waals surface area contributed by atoms with E-state index in [1.54, 1.807) is 26.0 Å². The van der Waals surface area contributed by atoms with Crippen LogP contribution in [0.15, 0.2) is 65.6 Å². The van der Waals surface area contributed by atoms with Gasteiger partial charge < -0.3 is 29.2 Å². The van der Waals surface area contributed by atoms with E-state index in [1.165, 1.54) is 83.9 Å². The van der Waals surface area contributed by atoms with Crippen LogP contribution in [0.4, 0.5) is 10.1 Å². The fourth-order valence-corrected chi connectivity index (χ4v) is 5.84. The zero-order valence-corrected chi connectivity index (χ0v) is 26.6. The molecule has 3 aromatic rings. The van der Waals surface area contributed by atoms with Gasteiger partial charge in [0.15, 0.2) is 11.5 Å². The number of halogens is 1. The number of hydrogen-bond donors (Lipinski definition) is 1. The molecule has 238 valence electrons. The van der Waals surface area contributed by atoms with Gasteiger partial charge in [-0.1, -0.05) is 18.2 Å². The number of nitrogens with zero attached hydrogens (tertiary/aromatic N) is 2. The Morgan fingerprint density at radius 3 is 2.07 bits per heavy atom. The third-order valence-electron chi connectivity index (χ3n) is 6.77. The van der Waals surface area contributed by atoms with Crippen molar-refractivity contribution in [3.63, 3.8) is 0 Å². The molecule has 0 radical (unpaired) electrons. The Labute approximate surface area is 257 Å². The van der Waals surface area contributed by atoms with E-state index in [9.17, 15) is 22.4 Å². The van der Waals surface area contributed by atoms with E-state index in [4.69, 9.17) is 18.9 Å². The summed E-state index contributed by atoms with van der Waals surface area (Å²) in [5.41, 5.74) is 0.151. The summed E-state index contributed by atoms with van der Waals surface area (Å²) in [4.78, 5) is 28.1. The molecule has 11 nitrogen and oxygen atoms in total. The number of anilines is 1. The molecule has 44 heavy (non-hydrogen) atoms. The lowest BCUT2D eigenvalue weighted by Crippen LogP contribution is -2.52. The van der Waals surface area contributed by atoms with Crippen molar-refractivity contribution < 1.29 is 41.3 Å². The van der Waals surface area contributed by atoms with E-state index in [2.05, 4.69) is 5.32 Å². The molecule has 0 aliphatic heterocycles. The molecule has 0 saturated carbocycles. The highest BCUT2D eigenvalue weighted by Gasteiger charge is 2.35. The maximum atomic E-state index is 14.7. The molecule has 0 spiro atoms. The molecule has 0 aliphatic carbocycles. The molecular weight excluding hydrogens is 593 g/mol. The van der Waals surface area contributed by atoms with Crippen molar-refractivity contribution in [1.82, 2.24) is 10.2 Å². The maximum Gasteiger partial charge on any atom is 0.265 e. The summed E-state index contributed by atoms with van der Waals surface area (Å²) in [5.74, 6) is -0.952. The van der Waals surface area contributed by atoms with Gasteiger partial charge in [-0.2, -0.15) is 0 Å². The normalized spacial score (nSPS) is 11.8. The summed E-state index contributed by atoms with van der Waals surface area (Å²) in [6.45, 7) is 3.96. The molecule has 1 N–H and O–H groups in total. The van der Waals surface area contributed by atoms with Crippen LogP contribution in [0.3, 0.4) is 0 Å². The largest absolute Gasteiger partial charge is 0.497 e. The highest BCUT2D eigenvalue weighted by atomic mass is 32.2. The fourth-order valence-electron chi connectivity index (χ4n) is 4.41. The second-order valence-corrected chi connectivity index (χ2v) is 11.9. The van der Waals surface area contributed by atoms with Gasteiger partial charge >= 0.3 is 0 Å². The second kappa shape index (κ2) is 14.8. The van der Waals surface area contributed by atoms with Crippen LogP contribution in [0.5, 0.6) is 23.0 Å². The van der Waals surface area contributed by atoms with Crippen LogP contribution in [0.25, 0.3) is 0 Å². The molecule has 0 heterocycles. The minimum atomic E-state index is -4.50. The summed E-state index contributed by atoms with van der Waals surface area (Å²) in [7, 11) is 1.05. The van der Waals surface area contributed by atoms with Gasteiger partial charge in [0.2, 0.25) is 11.8 Å². The van der Waals surface area contributed by atoms with Gasteiger partial charge in [0.05, 0.1) is 39.0 Å². The summed E-state index contributed by atoms with van der Waals surface area (Å²) < 4.78 is 65.6. The van der Waals surface area contributed by atoms with Gasteiger partial charge in [-0.25, -0.2) is 12.8 Å². The molecule has 0 fully saturated rings. The Morgan fingerprint density at radius 2 is 1.48 bits per heavy atom. The van der Waals surface area contributed by atoms with E-state index in [0.29, 0.717) is 11.5 Å². The minimum Gasteiger partial charge on any atom is -0.497 e. The van der Waals surface area contributed by atoms with Gasteiger partial charge in [0.1, 0.15) is 29.9 Å². The number of carbonyl (C=O) groups excluding carboxylic acids is 2. The summed E-state index contributed by atoms with van der Waals surface area (Å²) in [5, 5.41) is 2.76. The van der Waals surface area contributed by atoms with Gasteiger partial charge in [-0.05, 0) is 51.1 Å². The molecule has 2 amide bonds. The number of ether oxygens (including phenoxy) is 4. The van der Waals surface area contributed by atoms with Crippen molar-refractivity contribution in [1.29, 1.82) is 0 Å². The highest BCUT2D eigenvalue weighted by molar-refractivity contribution is 7.92. The standard InChI is InChI=1S/C31H38FN3O8S/c1-20(2)33-31(37)21(3)34(18-22-10-8-9-11-25(22)32)30(36)19-35(26-16-23(40-4)12-14-27(26)41-5)44(38,39)24-13-15-28(42-6)29(17-24)43-7/h8-17,20-21H,18-19H2,1-7H3,(H,33,37)/t21-/m0/s1. The summed E-state index contributed by atoms with van der Waals surface area (Å²) in [6.07, 6.45) is 0. The summed E-state index contributed by atoms with van der Waals surface area (Å²) >= 11 is 0. The van der Waals surface area contributed by atoms with Crippen LogP contribution in [-0.2, 0) is 26.2 Å². The number of nitrogens with one attached hydrogen (secondary N) is 1. The molecule has 0 aromatic heterocycles. The highest BCUT2D eigenvalue weighted by Crippen LogP contribution is 2.37. The molecule has 1 atom stereocenters. The molecule has 3 aromatic carbocycles. The van der Waals surface area contributed by atoms with Crippen molar-refractivity contribution in [3.8, 4) is 23.0 Å². The van der Waals surface area contributed by atoms with Crippen LogP contribution in [-0.4, -0.2) is 72.2 Å². The SMILES string of the molecule is COc1ccc(OC)c(N(CC(=O)N(Cc2ccccc2F)[C@@H](C)C(=O)NC(C)C)S(=O)(=O)c2ccc(OC)c(OC)c2)c1. The van der Waals surface area contributed by atoms with Gasteiger partial charge in [0, 0.05) is 30.3 Å². The lowest BCUT2D eigenvalue weighted by molar-refractivity contribution is -0.139. The first kappa shape index (κ1) is 34.0. The van der Waals surface area contributed by atoms with Crippen molar-refractivity contribution >= 4 is 27.5 Å². The van der Waals surface area contributed by atoms with Crippen LogP contribution < -0.4 is 28.6 Å². The average molecular weight is 632 g/mol. The number of hydrogen-bond acceptors (Lipinski definition) is 8. The Balaban J connectivity index is 2.18. The minimum absolute atomic E-state index is 0.000103. The van der Waals surface area contributed by atoms with Gasteiger partial charge in [-0.15, -0.1) is 0 Å². The second-order valence-electron chi connectivity index (χ2n) is 10.0. The van der Waals surface area contributed by atoms with E-state index >= 15 is 0 Å². The Hall–Kier alpha value is -4.52. The third kappa shape index (κ3) is 7.70. The van der Waals surface area contributed by atoms with Gasteiger partial charge in [0.25, 0.3) is 10.0 Å². The predicted octanol–water partition coefficient (Wildman–Crippen LogP) is 4.00. The number of sulfonamides is 1. The lowest BCUT2D eigenvalue weighted by Gasteiger charge is -2.32. The lowest BCUT2D eigenvalue weighted by atomic mass is 10.1. The molecule has 0 aliphatic rings. The first-order chi connectivity index (χ1) is 20.9. The molecule has 0 saturated heterocycles. The predicted molar refractivity (Wildman–Crippen MR) is 163 cm³/mol. The number of rotatable bonds is 14. The number of amides is 2. The Bertz CT molecular complexity index is 1580. The van der Waals surface area contributed by atoms with E-state index in [0.717, 1.165) is 9.21 Å². The van der Waals surface area contributed by atoms with Crippen LogP contribution in [0.1, 0.15) is 26.3 Å². The Morgan fingerprint density at radius 1 is 0.841 bits per heavy atom. The van der Waals surface area contributed by atoms with Crippen LogP contribution >= 0.6 is 0 Å². The van der Waals surface area contributed by atoms with Crippen molar-refractivity contribution in [2.45, 2.75) is 44.3 Å². The van der Waals surface area contributed by atoms with E-state index in [-0.39, 0.29) is 40.2 Å². The van der Waals surface area contributed by atoms with Gasteiger partial charge in [-0.3, -0.25) is 13.9 Å². The van der Waals surface area contributed by atoms with Crippen molar-refractivity contribution in [2.24, 2.45) is 0 Å². The Kier molecular flexibility index (Phi) is 11.4. The number of methoxy groups -OCH3 is 4. The molecular formula is C31H38FN3O8S. The smallest absolute Gasteiger partial charge is 0.265 e. The zero-order chi connectivity index (χ0) is 32.6. The monoisotopic (exact) mass is 631 g/mol. The first-order valence-corrected chi connectivity index (χ1v) is 15.1. The summed E-state index contributed by atoms with van der Waals surface area (Å²) in [6, 6.07) is 13.0. The maximum absolute atomic E-state index is 14.7. The number of carbonyl (C=O) groups is 2. The molecule has 0 bridgehead atoms. The first-order valence-electron chi connectivity index (χ1n) is 13.7. The van der Waals surface area contributed by atoms with E-state index < -0.39 is 40.2 Å².